The van der Waals surface area contributed by atoms with Crippen LogP contribution in [0.4, 0.5) is 15.8 Å². The summed E-state index contributed by atoms with van der Waals surface area (Å²) >= 11 is 5.73. The van der Waals surface area contributed by atoms with Gasteiger partial charge in [-0.3, -0.25) is 10.1 Å². The Balaban J connectivity index is 2.36. The number of halogens is 2. The Bertz CT molecular complexity index is 537. The van der Waals surface area contributed by atoms with Crippen molar-refractivity contribution in [1.29, 1.82) is 0 Å². The van der Waals surface area contributed by atoms with Gasteiger partial charge in [-0.15, -0.1) is 0 Å². The number of rotatable bonds is 2. The van der Waals surface area contributed by atoms with Gasteiger partial charge >= 0.3 is 0 Å². The van der Waals surface area contributed by atoms with E-state index in [4.69, 9.17) is 11.6 Å². The molecule has 1 heterocycles. The van der Waals surface area contributed by atoms with E-state index in [0.717, 1.165) is 6.07 Å². The number of hydrogen-bond acceptors (Lipinski definition) is 4. The molecule has 0 radical (unpaired) electrons. The number of aliphatic hydroxyl groups is 1. The Morgan fingerprint density at radius 2 is 2.15 bits per heavy atom. The van der Waals surface area contributed by atoms with Crippen LogP contribution in [0, 0.1) is 15.9 Å². The van der Waals surface area contributed by atoms with E-state index in [1.54, 1.807) is 11.8 Å². The van der Waals surface area contributed by atoms with E-state index < -0.39 is 16.3 Å². The fourth-order valence-corrected chi connectivity index (χ4v) is 2.59. The van der Waals surface area contributed by atoms with Gasteiger partial charge in [-0.1, -0.05) is 11.6 Å². The molecule has 0 aliphatic carbocycles. The van der Waals surface area contributed by atoms with Crippen LogP contribution < -0.4 is 4.90 Å². The number of benzene rings is 1. The van der Waals surface area contributed by atoms with E-state index in [2.05, 4.69) is 0 Å². The number of nitrogens with zero attached hydrogens (tertiary/aromatic N) is 2. The van der Waals surface area contributed by atoms with Gasteiger partial charge in [0.1, 0.15) is 11.5 Å². The predicted octanol–water partition coefficient (Wildman–Crippen LogP) is 3.13. The Morgan fingerprint density at radius 1 is 1.45 bits per heavy atom. The molecule has 1 saturated heterocycles. The number of nitro groups is 1. The molecule has 1 aromatic rings. The molecule has 1 aliphatic rings. The molecule has 110 valence electrons. The highest BCUT2D eigenvalue weighted by molar-refractivity contribution is 6.31. The van der Waals surface area contributed by atoms with Crippen molar-refractivity contribution in [2.75, 3.05) is 18.0 Å². The number of anilines is 1. The van der Waals surface area contributed by atoms with Crippen LogP contribution in [0.15, 0.2) is 12.1 Å². The lowest BCUT2D eigenvalue weighted by Gasteiger charge is -2.24. The van der Waals surface area contributed by atoms with Crippen LogP contribution in [0.2, 0.25) is 5.02 Å². The van der Waals surface area contributed by atoms with Crippen LogP contribution in [-0.2, 0) is 0 Å². The van der Waals surface area contributed by atoms with E-state index in [9.17, 15) is 19.6 Å². The molecule has 2 rings (SSSR count). The monoisotopic (exact) mass is 302 g/mol. The average molecular weight is 303 g/mol. The number of hydrogen-bond donors (Lipinski definition) is 1. The minimum Gasteiger partial charge on any atom is -0.390 e. The summed E-state index contributed by atoms with van der Waals surface area (Å²) in [6, 6.07) is 2.13. The smallest absolute Gasteiger partial charge is 0.295 e. The quantitative estimate of drug-likeness (QED) is 0.673. The van der Waals surface area contributed by atoms with Crippen LogP contribution in [0.5, 0.6) is 0 Å². The SMILES string of the molecule is CC1(O)CCCN(c2cc(Cl)c(F)cc2[N+](=O)[O-])CC1. The van der Waals surface area contributed by atoms with Gasteiger partial charge in [-0.25, -0.2) is 4.39 Å². The first-order chi connectivity index (χ1) is 9.30. The molecule has 0 spiro atoms. The van der Waals surface area contributed by atoms with Crippen molar-refractivity contribution in [2.24, 2.45) is 0 Å². The van der Waals surface area contributed by atoms with Gasteiger partial charge < -0.3 is 10.0 Å². The molecule has 1 fully saturated rings. The topological polar surface area (TPSA) is 66.6 Å². The van der Waals surface area contributed by atoms with Crippen LogP contribution >= 0.6 is 11.6 Å². The Hall–Kier alpha value is -1.40. The van der Waals surface area contributed by atoms with Gasteiger partial charge in [0, 0.05) is 13.1 Å². The molecule has 0 bridgehead atoms. The molecule has 20 heavy (non-hydrogen) atoms. The maximum atomic E-state index is 13.4. The third kappa shape index (κ3) is 3.19. The highest BCUT2D eigenvalue weighted by atomic mass is 35.5. The second-order valence-corrected chi connectivity index (χ2v) is 5.76. The predicted molar refractivity (Wildman–Crippen MR) is 74.8 cm³/mol. The zero-order chi connectivity index (χ0) is 14.9. The van der Waals surface area contributed by atoms with Crippen molar-refractivity contribution in [3.8, 4) is 0 Å². The average Bonchev–Trinajstić information content (AvgIpc) is 2.53. The van der Waals surface area contributed by atoms with E-state index in [1.165, 1.54) is 6.07 Å². The lowest BCUT2D eigenvalue weighted by Crippen LogP contribution is -2.28. The summed E-state index contributed by atoms with van der Waals surface area (Å²) in [7, 11) is 0. The van der Waals surface area contributed by atoms with Crippen LogP contribution in [0.3, 0.4) is 0 Å². The first-order valence-corrected chi connectivity index (χ1v) is 6.79. The molecule has 7 heteroatoms. The lowest BCUT2D eigenvalue weighted by atomic mass is 9.98. The first kappa shape index (κ1) is 15.0. The van der Waals surface area contributed by atoms with Gasteiger partial charge in [0.15, 0.2) is 0 Å². The molecular weight excluding hydrogens is 287 g/mol. The van der Waals surface area contributed by atoms with E-state index in [0.29, 0.717) is 38.0 Å². The summed E-state index contributed by atoms with van der Waals surface area (Å²) in [5.74, 6) is -0.802. The molecular formula is C13H16ClFN2O3. The van der Waals surface area contributed by atoms with Crippen molar-refractivity contribution in [3.63, 3.8) is 0 Å². The highest BCUT2D eigenvalue weighted by Gasteiger charge is 2.28. The van der Waals surface area contributed by atoms with E-state index >= 15 is 0 Å². The van der Waals surface area contributed by atoms with Gasteiger partial charge in [-0.2, -0.15) is 0 Å². The zero-order valence-corrected chi connectivity index (χ0v) is 11.9. The largest absolute Gasteiger partial charge is 0.390 e. The fraction of sp³-hybridized carbons (Fsp3) is 0.538. The molecule has 0 amide bonds. The molecule has 0 aromatic heterocycles. The molecule has 1 unspecified atom stereocenters. The summed E-state index contributed by atoms with van der Waals surface area (Å²) in [6.45, 7) is 2.79. The molecule has 1 aliphatic heterocycles. The van der Waals surface area contributed by atoms with Crippen LogP contribution in [0.1, 0.15) is 26.2 Å². The standard InChI is InChI=1S/C13H16ClFN2O3/c1-13(18)3-2-5-16(6-4-13)11-7-9(14)10(15)8-12(11)17(19)20/h7-8,18H,2-6H2,1H3. The van der Waals surface area contributed by atoms with Crippen LogP contribution in [0.25, 0.3) is 0 Å². The van der Waals surface area contributed by atoms with Crippen molar-refractivity contribution in [1.82, 2.24) is 0 Å². The second kappa shape index (κ2) is 5.54. The van der Waals surface area contributed by atoms with Crippen LogP contribution in [-0.4, -0.2) is 28.7 Å². The lowest BCUT2D eigenvalue weighted by molar-refractivity contribution is -0.384. The van der Waals surface area contributed by atoms with Gasteiger partial charge in [0.2, 0.25) is 0 Å². The van der Waals surface area contributed by atoms with Crippen molar-refractivity contribution < 1.29 is 14.4 Å². The third-order valence-electron chi connectivity index (χ3n) is 3.62. The maximum absolute atomic E-state index is 13.4. The van der Waals surface area contributed by atoms with Gasteiger partial charge in [0.05, 0.1) is 21.6 Å². The second-order valence-electron chi connectivity index (χ2n) is 5.35. The summed E-state index contributed by atoms with van der Waals surface area (Å²) in [5.41, 5.74) is -0.763. The normalized spacial score (nSPS) is 23.5. The van der Waals surface area contributed by atoms with E-state index in [1.807, 2.05) is 0 Å². The van der Waals surface area contributed by atoms with Crippen molar-refractivity contribution in [3.05, 3.63) is 33.1 Å². The fourth-order valence-electron chi connectivity index (χ4n) is 2.43. The summed E-state index contributed by atoms with van der Waals surface area (Å²) in [4.78, 5) is 12.2. The highest BCUT2D eigenvalue weighted by Crippen LogP contribution is 2.35. The Kier molecular flexibility index (Phi) is 4.15. The molecule has 1 atom stereocenters. The van der Waals surface area contributed by atoms with Gasteiger partial charge in [0.25, 0.3) is 5.69 Å². The molecule has 1 aromatic carbocycles. The first-order valence-electron chi connectivity index (χ1n) is 6.41. The summed E-state index contributed by atoms with van der Waals surface area (Å²) < 4.78 is 13.4. The maximum Gasteiger partial charge on any atom is 0.295 e. The Labute approximate surface area is 121 Å². The molecule has 1 N–H and O–H groups in total. The minimum absolute atomic E-state index is 0.137. The summed E-state index contributed by atoms with van der Waals surface area (Å²) in [6.07, 6.45) is 1.84. The molecule has 0 saturated carbocycles. The number of nitro benzene ring substituents is 1. The molecule has 5 nitrogen and oxygen atoms in total. The van der Waals surface area contributed by atoms with Gasteiger partial charge in [-0.05, 0) is 32.3 Å². The van der Waals surface area contributed by atoms with Crippen molar-refractivity contribution in [2.45, 2.75) is 31.8 Å². The van der Waals surface area contributed by atoms with Crippen molar-refractivity contribution >= 4 is 23.0 Å². The summed E-state index contributed by atoms with van der Waals surface area (Å²) in [5, 5.41) is 21.0. The minimum atomic E-state index is -0.802. The zero-order valence-electron chi connectivity index (χ0n) is 11.1. The van der Waals surface area contributed by atoms with E-state index in [-0.39, 0.29) is 10.7 Å². The third-order valence-corrected chi connectivity index (χ3v) is 3.91. The Morgan fingerprint density at radius 3 is 2.80 bits per heavy atom.